The lowest BCUT2D eigenvalue weighted by Gasteiger charge is -2.18. The van der Waals surface area contributed by atoms with Crippen LogP contribution in [0.3, 0.4) is 0 Å². The molecule has 10 heteroatoms. The van der Waals surface area contributed by atoms with Gasteiger partial charge in [0.2, 0.25) is 0 Å². The summed E-state index contributed by atoms with van der Waals surface area (Å²) in [5.74, 6) is -0.545. The van der Waals surface area contributed by atoms with E-state index in [2.05, 4.69) is 10.0 Å². The van der Waals surface area contributed by atoms with Gasteiger partial charge in [-0.05, 0) is 61.6 Å². The minimum absolute atomic E-state index is 0.112. The van der Waals surface area contributed by atoms with Crippen LogP contribution >= 0.6 is 12.2 Å². The van der Waals surface area contributed by atoms with Gasteiger partial charge in [0.05, 0.1) is 23.4 Å². The first-order chi connectivity index (χ1) is 12.7. The Morgan fingerprint density at radius 1 is 1.22 bits per heavy atom. The van der Waals surface area contributed by atoms with E-state index < -0.39 is 21.9 Å². The molecule has 2 aromatic rings. The zero-order chi connectivity index (χ0) is 19.8. The van der Waals surface area contributed by atoms with Crippen molar-refractivity contribution in [1.82, 2.24) is 5.32 Å². The molecule has 142 valence electrons. The number of hydrogen-bond acceptors (Lipinski definition) is 5. The molecule has 7 nitrogen and oxygen atoms in total. The van der Waals surface area contributed by atoms with Crippen LogP contribution in [0.5, 0.6) is 5.75 Å². The summed E-state index contributed by atoms with van der Waals surface area (Å²) < 4.78 is 45.8. The third kappa shape index (κ3) is 3.71. The lowest BCUT2D eigenvalue weighted by Crippen LogP contribution is -2.30. The van der Waals surface area contributed by atoms with Gasteiger partial charge < -0.3 is 10.1 Å². The van der Waals surface area contributed by atoms with Crippen LogP contribution in [-0.2, 0) is 14.8 Å². The average Bonchev–Trinajstić information content (AvgIpc) is 2.87. The first-order valence-corrected chi connectivity index (χ1v) is 9.73. The molecule has 1 heterocycles. The van der Waals surface area contributed by atoms with Gasteiger partial charge in [-0.2, -0.15) is 0 Å². The number of nitrogens with zero attached hydrogens (tertiary/aromatic N) is 1. The summed E-state index contributed by atoms with van der Waals surface area (Å²) in [7, 11) is -2.60. The molecule has 1 amide bonds. The summed E-state index contributed by atoms with van der Waals surface area (Å²) >= 11 is 5.17. The van der Waals surface area contributed by atoms with Gasteiger partial charge >= 0.3 is 0 Å². The molecule has 0 saturated carbocycles. The van der Waals surface area contributed by atoms with Crippen molar-refractivity contribution in [1.29, 1.82) is 0 Å². The van der Waals surface area contributed by atoms with Crippen molar-refractivity contribution in [3.8, 4) is 5.75 Å². The van der Waals surface area contributed by atoms with Gasteiger partial charge in [-0.15, -0.1) is 0 Å². The number of carbonyl (C=O) groups excluding carboxylic acids is 1. The van der Waals surface area contributed by atoms with E-state index in [-0.39, 0.29) is 27.4 Å². The average molecular weight is 409 g/mol. The molecule has 1 saturated heterocycles. The van der Waals surface area contributed by atoms with Crippen molar-refractivity contribution in [2.45, 2.75) is 17.9 Å². The first-order valence-electron chi connectivity index (χ1n) is 7.84. The summed E-state index contributed by atoms with van der Waals surface area (Å²) in [5, 5.41) is 3.07. The van der Waals surface area contributed by atoms with E-state index in [0.717, 1.165) is 24.3 Å². The van der Waals surface area contributed by atoms with E-state index in [0.29, 0.717) is 5.69 Å². The summed E-state index contributed by atoms with van der Waals surface area (Å²) in [4.78, 5) is 13.5. The maximum Gasteiger partial charge on any atom is 0.262 e. The van der Waals surface area contributed by atoms with Crippen LogP contribution in [0.1, 0.15) is 6.92 Å². The van der Waals surface area contributed by atoms with E-state index >= 15 is 0 Å². The van der Waals surface area contributed by atoms with Gasteiger partial charge in [-0.1, -0.05) is 0 Å². The normalized spacial score (nSPS) is 17.0. The number of halogens is 1. The van der Waals surface area contributed by atoms with Crippen molar-refractivity contribution in [3.63, 3.8) is 0 Å². The number of anilines is 2. The largest absolute Gasteiger partial charge is 0.495 e. The standard InChI is InChI=1S/C17H16FN3O4S2/c1-10-16(22)21(17(26)19-10)12-5-8-15(25-2)14(9-12)20-27(23,24)13-6-3-11(18)4-7-13/h3-10,20H,1-2H3,(H,19,26). The molecule has 1 unspecified atom stereocenters. The predicted octanol–water partition coefficient (Wildman–Crippen LogP) is 2.24. The van der Waals surface area contributed by atoms with Gasteiger partial charge in [-0.3, -0.25) is 14.4 Å². The van der Waals surface area contributed by atoms with Crippen LogP contribution in [0.25, 0.3) is 0 Å². The minimum atomic E-state index is -3.99. The maximum absolute atomic E-state index is 13.1. The molecule has 1 aliphatic heterocycles. The minimum Gasteiger partial charge on any atom is -0.495 e. The number of rotatable bonds is 5. The Balaban J connectivity index is 1.98. The topological polar surface area (TPSA) is 87.7 Å². The number of methoxy groups -OCH3 is 1. The smallest absolute Gasteiger partial charge is 0.262 e. The van der Waals surface area contributed by atoms with E-state index in [9.17, 15) is 17.6 Å². The highest BCUT2D eigenvalue weighted by Crippen LogP contribution is 2.32. The lowest BCUT2D eigenvalue weighted by atomic mass is 10.2. The van der Waals surface area contributed by atoms with Crippen LogP contribution in [0, 0.1) is 5.82 Å². The molecule has 27 heavy (non-hydrogen) atoms. The van der Waals surface area contributed by atoms with Gasteiger partial charge in [0.25, 0.3) is 15.9 Å². The van der Waals surface area contributed by atoms with Gasteiger partial charge in [0.15, 0.2) is 5.11 Å². The van der Waals surface area contributed by atoms with Crippen LogP contribution in [0.4, 0.5) is 15.8 Å². The molecule has 1 atom stereocenters. The zero-order valence-electron chi connectivity index (χ0n) is 14.4. The van der Waals surface area contributed by atoms with Gasteiger partial charge in [-0.25, -0.2) is 12.8 Å². The van der Waals surface area contributed by atoms with Crippen LogP contribution in [0.15, 0.2) is 47.4 Å². The number of amides is 1. The number of hydrogen-bond donors (Lipinski definition) is 2. The number of ether oxygens (including phenoxy) is 1. The number of sulfonamides is 1. The van der Waals surface area contributed by atoms with Crippen molar-refractivity contribution < 1.29 is 22.3 Å². The summed E-state index contributed by atoms with van der Waals surface area (Å²) in [6.07, 6.45) is 0. The molecule has 3 rings (SSSR count). The molecule has 2 N–H and O–H groups in total. The summed E-state index contributed by atoms with van der Waals surface area (Å²) in [6, 6.07) is 8.50. The molecule has 0 spiro atoms. The molecule has 0 aromatic heterocycles. The zero-order valence-corrected chi connectivity index (χ0v) is 16.0. The Morgan fingerprint density at radius 2 is 1.89 bits per heavy atom. The fourth-order valence-electron chi connectivity index (χ4n) is 2.58. The molecule has 1 aliphatic rings. The Labute approximate surface area is 161 Å². The highest BCUT2D eigenvalue weighted by atomic mass is 32.2. The van der Waals surface area contributed by atoms with Crippen LogP contribution in [-0.4, -0.2) is 32.6 Å². The Morgan fingerprint density at radius 3 is 2.44 bits per heavy atom. The second kappa shape index (κ2) is 7.12. The van der Waals surface area contributed by atoms with E-state index in [1.165, 1.54) is 24.1 Å². The number of nitrogens with one attached hydrogen (secondary N) is 2. The number of benzene rings is 2. The summed E-state index contributed by atoms with van der Waals surface area (Å²) in [6.45, 7) is 1.68. The Kier molecular flexibility index (Phi) is 5.03. The third-order valence-electron chi connectivity index (χ3n) is 3.94. The Hall–Kier alpha value is -2.72. The fraction of sp³-hybridized carbons (Fsp3) is 0.176. The Bertz CT molecular complexity index is 1010. The van der Waals surface area contributed by atoms with Crippen molar-refractivity contribution >= 4 is 44.6 Å². The molecule has 1 fully saturated rings. The fourth-order valence-corrected chi connectivity index (χ4v) is 4.02. The number of carbonyl (C=O) groups is 1. The highest BCUT2D eigenvalue weighted by Gasteiger charge is 2.33. The van der Waals surface area contributed by atoms with Gasteiger partial charge in [0, 0.05) is 0 Å². The van der Waals surface area contributed by atoms with Gasteiger partial charge in [0.1, 0.15) is 17.6 Å². The molecule has 2 aromatic carbocycles. The quantitative estimate of drug-likeness (QED) is 0.737. The molecule has 0 radical (unpaired) electrons. The van der Waals surface area contributed by atoms with Crippen molar-refractivity contribution in [2.75, 3.05) is 16.7 Å². The maximum atomic E-state index is 13.1. The van der Waals surface area contributed by atoms with E-state index in [1.54, 1.807) is 13.0 Å². The van der Waals surface area contributed by atoms with Crippen molar-refractivity contribution in [2.24, 2.45) is 0 Å². The molecular formula is C17H16FN3O4S2. The first kappa shape index (κ1) is 19.1. The van der Waals surface area contributed by atoms with E-state index in [4.69, 9.17) is 17.0 Å². The highest BCUT2D eigenvalue weighted by molar-refractivity contribution is 7.92. The molecule has 0 aliphatic carbocycles. The monoisotopic (exact) mass is 409 g/mol. The van der Waals surface area contributed by atoms with E-state index in [1.807, 2.05) is 0 Å². The number of thiocarbonyl (C=S) groups is 1. The second-order valence-electron chi connectivity index (χ2n) is 5.79. The third-order valence-corrected chi connectivity index (χ3v) is 5.63. The molecule has 0 bridgehead atoms. The van der Waals surface area contributed by atoms with Crippen LogP contribution < -0.4 is 19.7 Å². The second-order valence-corrected chi connectivity index (χ2v) is 7.86. The SMILES string of the molecule is COc1ccc(N2C(=O)C(C)NC2=S)cc1NS(=O)(=O)c1ccc(F)cc1. The summed E-state index contributed by atoms with van der Waals surface area (Å²) in [5.41, 5.74) is 0.508. The lowest BCUT2D eigenvalue weighted by molar-refractivity contribution is -0.117. The predicted molar refractivity (Wildman–Crippen MR) is 103 cm³/mol. The molecular weight excluding hydrogens is 393 g/mol. The van der Waals surface area contributed by atoms with Crippen LogP contribution in [0.2, 0.25) is 0 Å². The van der Waals surface area contributed by atoms with Crippen molar-refractivity contribution in [3.05, 3.63) is 48.3 Å².